The molecule has 5 nitrogen and oxygen atoms in total. The van der Waals surface area contributed by atoms with Crippen molar-refractivity contribution in [1.82, 2.24) is 9.88 Å². The fourth-order valence-electron chi connectivity index (χ4n) is 2.01. The van der Waals surface area contributed by atoms with E-state index < -0.39 is 6.10 Å². The summed E-state index contributed by atoms with van der Waals surface area (Å²) in [6, 6.07) is 0. The molecule has 1 aliphatic rings. The molecule has 1 aliphatic heterocycles. The number of methoxy groups -OCH3 is 1. The average molecular weight is 270 g/mol. The van der Waals surface area contributed by atoms with E-state index in [9.17, 15) is 4.79 Å². The number of nitrogens with zero attached hydrogens (tertiary/aromatic N) is 2. The van der Waals surface area contributed by atoms with Crippen LogP contribution >= 0.6 is 11.3 Å². The molecular formula is C12H18N2O3S. The first kappa shape index (κ1) is 13.5. The summed E-state index contributed by atoms with van der Waals surface area (Å²) < 4.78 is 10.1. The van der Waals surface area contributed by atoms with Crippen LogP contribution in [0.25, 0.3) is 0 Å². The molecule has 0 amide bonds. The fraction of sp³-hybridized carbons (Fsp3) is 0.667. The van der Waals surface area contributed by atoms with Crippen LogP contribution in [0.3, 0.4) is 0 Å². The first-order chi connectivity index (χ1) is 8.70. The van der Waals surface area contributed by atoms with Gasteiger partial charge in [0.2, 0.25) is 0 Å². The topological polar surface area (TPSA) is 51.7 Å². The van der Waals surface area contributed by atoms with E-state index in [1.54, 1.807) is 11.3 Å². The second-order valence-electron chi connectivity index (χ2n) is 4.29. The van der Waals surface area contributed by atoms with Crippen molar-refractivity contribution in [2.45, 2.75) is 19.4 Å². The number of carbonyl (C=O) groups is 1. The standard InChI is InChI=1S/C12H18N2O3S/c1-9-11(18-8-13-9)3-4-14-5-6-17-10(7-14)12(15)16-2/h8,10H,3-7H2,1-2H3. The van der Waals surface area contributed by atoms with E-state index in [-0.39, 0.29) is 5.97 Å². The monoisotopic (exact) mass is 270 g/mol. The molecule has 0 aliphatic carbocycles. The molecule has 1 unspecified atom stereocenters. The molecule has 100 valence electrons. The second-order valence-corrected chi connectivity index (χ2v) is 5.23. The summed E-state index contributed by atoms with van der Waals surface area (Å²) in [6.07, 6.45) is 0.538. The highest BCUT2D eigenvalue weighted by molar-refractivity contribution is 7.09. The summed E-state index contributed by atoms with van der Waals surface area (Å²) >= 11 is 1.69. The molecule has 2 rings (SSSR count). The second kappa shape index (κ2) is 6.26. The molecule has 0 aromatic carbocycles. The number of ether oxygens (including phenoxy) is 2. The van der Waals surface area contributed by atoms with E-state index in [4.69, 9.17) is 9.47 Å². The Labute approximate surface area is 111 Å². The predicted octanol–water partition coefficient (Wildman–Crippen LogP) is 0.868. The molecule has 2 heterocycles. The Kier molecular flexibility index (Phi) is 4.68. The lowest BCUT2D eigenvalue weighted by molar-refractivity contribution is -0.159. The van der Waals surface area contributed by atoms with Crippen molar-refractivity contribution in [3.8, 4) is 0 Å². The minimum atomic E-state index is -0.439. The molecule has 0 radical (unpaired) electrons. The molecule has 1 fully saturated rings. The SMILES string of the molecule is COC(=O)C1CN(CCc2scnc2C)CCO1. The van der Waals surface area contributed by atoms with Crippen LogP contribution in [0, 0.1) is 6.92 Å². The molecule has 1 atom stereocenters. The van der Waals surface area contributed by atoms with Crippen LogP contribution < -0.4 is 0 Å². The quantitative estimate of drug-likeness (QED) is 0.760. The highest BCUT2D eigenvalue weighted by atomic mass is 32.1. The minimum Gasteiger partial charge on any atom is -0.467 e. The third-order valence-corrected chi connectivity index (χ3v) is 4.11. The lowest BCUT2D eigenvalue weighted by Gasteiger charge is -2.31. The Bertz CT molecular complexity index is 408. The Balaban J connectivity index is 1.83. The van der Waals surface area contributed by atoms with Gasteiger partial charge in [-0.05, 0) is 13.3 Å². The van der Waals surface area contributed by atoms with E-state index >= 15 is 0 Å². The molecule has 6 heteroatoms. The summed E-state index contributed by atoms with van der Waals surface area (Å²) in [6.45, 7) is 5.03. The summed E-state index contributed by atoms with van der Waals surface area (Å²) in [5.41, 5.74) is 2.99. The normalized spacial score (nSPS) is 20.9. The molecule has 0 N–H and O–H groups in total. The van der Waals surface area contributed by atoms with Crippen molar-refractivity contribution in [1.29, 1.82) is 0 Å². The fourth-order valence-corrected chi connectivity index (χ4v) is 2.78. The maximum absolute atomic E-state index is 11.4. The highest BCUT2D eigenvalue weighted by Crippen LogP contribution is 2.14. The zero-order valence-electron chi connectivity index (χ0n) is 10.7. The van der Waals surface area contributed by atoms with Gasteiger partial charge in [-0.1, -0.05) is 0 Å². The van der Waals surface area contributed by atoms with Crippen LogP contribution in [-0.2, 0) is 20.7 Å². The summed E-state index contributed by atoms with van der Waals surface area (Å²) in [4.78, 5) is 19.2. The van der Waals surface area contributed by atoms with Gasteiger partial charge in [0.05, 0.1) is 24.9 Å². The van der Waals surface area contributed by atoms with Crippen molar-refractivity contribution < 1.29 is 14.3 Å². The summed E-state index contributed by atoms with van der Waals surface area (Å²) in [5.74, 6) is -0.284. The lowest BCUT2D eigenvalue weighted by Crippen LogP contribution is -2.47. The van der Waals surface area contributed by atoms with Crippen LogP contribution in [0.1, 0.15) is 10.6 Å². The van der Waals surface area contributed by atoms with Gasteiger partial charge < -0.3 is 9.47 Å². The maximum atomic E-state index is 11.4. The zero-order chi connectivity index (χ0) is 13.0. The molecule has 0 bridgehead atoms. The molecular weight excluding hydrogens is 252 g/mol. The van der Waals surface area contributed by atoms with Gasteiger partial charge in [-0.25, -0.2) is 9.78 Å². The first-order valence-electron chi connectivity index (χ1n) is 6.01. The number of thiazole rings is 1. The van der Waals surface area contributed by atoms with E-state index in [0.29, 0.717) is 13.2 Å². The van der Waals surface area contributed by atoms with Gasteiger partial charge in [0.15, 0.2) is 6.10 Å². The van der Waals surface area contributed by atoms with E-state index in [2.05, 4.69) is 9.88 Å². The zero-order valence-corrected chi connectivity index (χ0v) is 11.5. The molecule has 18 heavy (non-hydrogen) atoms. The number of hydrogen-bond donors (Lipinski definition) is 0. The average Bonchev–Trinajstić information content (AvgIpc) is 2.81. The Morgan fingerprint density at radius 2 is 2.56 bits per heavy atom. The van der Waals surface area contributed by atoms with Gasteiger partial charge in [-0.3, -0.25) is 4.90 Å². The number of aromatic nitrogens is 1. The molecule has 0 spiro atoms. The van der Waals surface area contributed by atoms with Crippen LogP contribution in [0.5, 0.6) is 0 Å². The van der Waals surface area contributed by atoms with Crippen molar-refractivity contribution in [2.75, 3.05) is 33.4 Å². The number of aryl methyl sites for hydroxylation is 1. The van der Waals surface area contributed by atoms with Crippen molar-refractivity contribution in [2.24, 2.45) is 0 Å². The van der Waals surface area contributed by atoms with Crippen LogP contribution in [-0.4, -0.2) is 55.3 Å². The third-order valence-electron chi connectivity index (χ3n) is 3.11. The molecule has 0 saturated carbocycles. The van der Waals surface area contributed by atoms with Crippen LogP contribution in [0.4, 0.5) is 0 Å². The van der Waals surface area contributed by atoms with Crippen LogP contribution in [0.15, 0.2) is 5.51 Å². The van der Waals surface area contributed by atoms with Gasteiger partial charge in [-0.15, -0.1) is 11.3 Å². The van der Waals surface area contributed by atoms with Crippen LogP contribution in [0.2, 0.25) is 0 Å². The molecule has 1 aromatic heterocycles. The lowest BCUT2D eigenvalue weighted by atomic mass is 10.2. The van der Waals surface area contributed by atoms with Gasteiger partial charge >= 0.3 is 5.97 Å². The van der Waals surface area contributed by atoms with Gasteiger partial charge in [0, 0.05) is 24.5 Å². The number of carbonyl (C=O) groups excluding carboxylic acids is 1. The minimum absolute atomic E-state index is 0.284. The largest absolute Gasteiger partial charge is 0.467 e. The highest BCUT2D eigenvalue weighted by Gasteiger charge is 2.27. The maximum Gasteiger partial charge on any atom is 0.336 e. The molecule has 1 aromatic rings. The van der Waals surface area contributed by atoms with Gasteiger partial charge in [-0.2, -0.15) is 0 Å². The van der Waals surface area contributed by atoms with Gasteiger partial charge in [0.1, 0.15) is 0 Å². The number of esters is 1. The Hall–Kier alpha value is -0.980. The summed E-state index contributed by atoms with van der Waals surface area (Å²) in [5, 5.41) is 0. The Morgan fingerprint density at radius 1 is 1.72 bits per heavy atom. The summed E-state index contributed by atoms with van der Waals surface area (Å²) in [7, 11) is 1.39. The van der Waals surface area contributed by atoms with E-state index in [1.165, 1.54) is 12.0 Å². The molecule has 1 saturated heterocycles. The number of rotatable bonds is 4. The van der Waals surface area contributed by atoms with E-state index in [1.807, 2.05) is 12.4 Å². The predicted molar refractivity (Wildman–Crippen MR) is 68.8 cm³/mol. The van der Waals surface area contributed by atoms with Crippen molar-refractivity contribution in [3.63, 3.8) is 0 Å². The Morgan fingerprint density at radius 3 is 3.22 bits per heavy atom. The number of morpholine rings is 1. The van der Waals surface area contributed by atoms with Crippen molar-refractivity contribution >= 4 is 17.3 Å². The van der Waals surface area contributed by atoms with Crippen molar-refractivity contribution in [3.05, 3.63) is 16.1 Å². The first-order valence-corrected chi connectivity index (χ1v) is 6.89. The van der Waals surface area contributed by atoms with Gasteiger partial charge in [0.25, 0.3) is 0 Å². The smallest absolute Gasteiger partial charge is 0.336 e. The van der Waals surface area contributed by atoms with E-state index in [0.717, 1.165) is 25.2 Å². The number of hydrogen-bond acceptors (Lipinski definition) is 6. The third kappa shape index (κ3) is 3.28.